The zero-order valence-corrected chi connectivity index (χ0v) is 6.93. The summed E-state index contributed by atoms with van der Waals surface area (Å²) in [5.74, 6) is -0.658. The molecule has 0 aliphatic rings. The van der Waals surface area contributed by atoms with E-state index >= 15 is 0 Å². The minimum atomic E-state index is -0.662. The Hall–Kier alpha value is -1.16. The Kier molecular flexibility index (Phi) is 2.28. The van der Waals surface area contributed by atoms with Crippen molar-refractivity contribution in [1.82, 2.24) is 0 Å². The monoisotopic (exact) mass is 189 g/mol. The lowest BCUT2D eigenvalue weighted by atomic mass is 10.2. The average Bonchev–Trinajstić information content (AvgIpc) is 1.96. The van der Waals surface area contributed by atoms with E-state index < -0.39 is 10.7 Å². The summed E-state index contributed by atoms with van der Waals surface area (Å²) in [6.45, 7) is 1.34. The van der Waals surface area contributed by atoms with Crippen molar-refractivity contribution in [1.29, 1.82) is 0 Å². The van der Waals surface area contributed by atoms with Crippen LogP contribution in [0.1, 0.15) is 5.56 Å². The summed E-state index contributed by atoms with van der Waals surface area (Å²) in [4.78, 5) is 9.64. The molecule has 0 heterocycles. The summed E-state index contributed by atoms with van der Waals surface area (Å²) in [5.41, 5.74) is -0.288. The van der Waals surface area contributed by atoms with Gasteiger partial charge in [0.2, 0.25) is 0 Å². The fraction of sp³-hybridized carbons (Fsp3) is 0.143. The van der Waals surface area contributed by atoms with Gasteiger partial charge in [0, 0.05) is 6.07 Å². The standard InChI is InChI=1S/C7H5ClFNO2/c1-4-6(9)2-5(8)3-7(4)10(11)12/h2-3H,1H3. The Morgan fingerprint density at radius 3 is 2.67 bits per heavy atom. The molecule has 0 amide bonds. The topological polar surface area (TPSA) is 43.1 Å². The SMILES string of the molecule is Cc1c(F)cc(Cl)cc1[N+](=O)[O-]. The van der Waals surface area contributed by atoms with Gasteiger partial charge in [-0.1, -0.05) is 11.6 Å². The van der Waals surface area contributed by atoms with Crippen LogP contribution in [-0.2, 0) is 0 Å². The van der Waals surface area contributed by atoms with E-state index in [0.29, 0.717) is 0 Å². The maximum Gasteiger partial charge on any atom is 0.276 e. The van der Waals surface area contributed by atoms with Gasteiger partial charge in [0.1, 0.15) is 5.82 Å². The van der Waals surface area contributed by atoms with Gasteiger partial charge in [-0.25, -0.2) is 4.39 Å². The molecule has 0 saturated heterocycles. The number of nitro groups is 1. The number of rotatable bonds is 1. The maximum atomic E-state index is 12.8. The largest absolute Gasteiger partial charge is 0.276 e. The van der Waals surface area contributed by atoms with Crippen LogP contribution in [0.4, 0.5) is 10.1 Å². The number of halogens is 2. The summed E-state index contributed by atoms with van der Waals surface area (Å²) >= 11 is 5.42. The first-order chi connectivity index (χ1) is 5.52. The van der Waals surface area contributed by atoms with Gasteiger partial charge in [-0.15, -0.1) is 0 Å². The van der Waals surface area contributed by atoms with E-state index in [1.54, 1.807) is 0 Å². The number of hydrogen-bond donors (Lipinski definition) is 0. The third-order valence-corrected chi connectivity index (χ3v) is 1.70. The molecule has 0 atom stereocenters. The van der Waals surface area contributed by atoms with Crippen LogP contribution in [0.15, 0.2) is 12.1 Å². The minimum Gasteiger partial charge on any atom is -0.258 e. The van der Waals surface area contributed by atoms with Crippen LogP contribution in [0, 0.1) is 22.9 Å². The highest BCUT2D eigenvalue weighted by Gasteiger charge is 2.14. The Balaban J connectivity index is 3.37. The molecule has 0 aromatic heterocycles. The molecule has 3 nitrogen and oxygen atoms in total. The Morgan fingerprint density at radius 1 is 1.58 bits per heavy atom. The van der Waals surface area contributed by atoms with Crippen molar-refractivity contribution in [3.05, 3.63) is 38.7 Å². The van der Waals surface area contributed by atoms with Gasteiger partial charge in [0.05, 0.1) is 15.5 Å². The van der Waals surface area contributed by atoms with E-state index in [1.165, 1.54) is 6.92 Å². The van der Waals surface area contributed by atoms with Gasteiger partial charge in [0.15, 0.2) is 0 Å². The average molecular weight is 190 g/mol. The lowest BCUT2D eigenvalue weighted by Gasteiger charge is -1.98. The Bertz CT molecular complexity index is 340. The summed E-state index contributed by atoms with van der Waals surface area (Å²) in [7, 11) is 0. The van der Waals surface area contributed by atoms with Crippen LogP contribution < -0.4 is 0 Å². The van der Waals surface area contributed by atoms with Crippen molar-refractivity contribution in [3.8, 4) is 0 Å². The van der Waals surface area contributed by atoms with Gasteiger partial charge in [-0.05, 0) is 13.0 Å². The molecule has 1 rings (SSSR count). The third kappa shape index (κ3) is 1.53. The summed E-state index contributed by atoms with van der Waals surface area (Å²) in [5, 5.41) is 10.3. The zero-order chi connectivity index (χ0) is 9.30. The van der Waals surface area contributed by atoms with E-state index in [2.05, 4.69) is 0 Å². The molecule has 12 heavy (non-hydrogen) atoms. The number of hydrogen-bond acceptors (Lipinski definition) is 2. The summed E-state index contributed by atoms with van der Waals surface area (Å²) in [6, 6.07) is 2.17. The maximum absolute atomic E-state index is 12.8. The lowest BCUT2D eigenvalue weighted by molar-refractivity contribution is -0.385. The van der Waals surface area contributed by atoms with Crippen molar-refractivity contribution in [2.75, 3.05) is 0 Å². The smallest absolute Gasteiger partial charge is 0.258 e. The molecule has 0 bridgehead atoms. The molecule has 0 aliphatic heterocycles. The van der Waals surface area contributed by atoms with Crippen molar-refractivity contribution in [3.63, 3.8) is 0 Å². The quantitative estimate of drug-likeness (QED) is 0.504. The minimum absolute atomic E-state index is 0.00407. The molecule has 0 spiro atoms. The molecule has 64 valence electrons. The van der Waals surface area contributed by atoms with Crippen LogP contribution >= 0.6 is 11.6 Å². The zero-order valence-electron chi connectivity index (χ0n) is 6.17. The van der Waals surface area contributed by atoms with Crippen LogP contribution in [-0.4, -0.2) is 4.92 Å². The first-order valence-electron chi connectivity index (χ1n) is 3.12. The van der Waals surface area contributed by atoms with Crippen LogP contribution in [0.2, 0.25) is 5.02 Å². The van der Waals surface area contributed by atoms with Gasteiger partial charge < -0.3 is 0 Å². The molecule has 1 aromatic rings. The van der Waals surface area contributed by atoms with E-state index in [4.69, 9.17) is 11.6 Å². The Labute approximate surface area is 72.9 Å². The molecule has 0 fully saturated rings. The number of benzene rings is 1. The van der Waals surface area contributed by atoms with E-state index in [0.717, 1.165) is 12.1 Å². The molecule has 0 radical (unpaired) electrons. The number of nitrogens with zero attached hydrogens (tertiary/aromatic N) is 1. The summed E-state index contributed by atoms with van der Waals surface area (Å²) < 4.78 is 12.8. The van der Waals surface area contributed by atoms with Crippen LogP contribution in [0.3, 0.4) is 0 Å². The fourth-order valence-corrected chi connectivity index (χ4v) is 1.02. The molecule has 1 aromatic carbocycles. The first kappa shape index (κ1) is 8.93. The van der Waals surface area contributed by atoms with Crippen molar-refractivity contribution in [2.45, 2.75) is 6.92 Å². The second kappa shape index (κ2) is 3.06. The second-order valence-corrected chi connectivity index (χ2v) is 2.73. The molecule has 0 N–H and O–H groups in total. The van der Waals surface area contributed by atoms with Gasteiger partial charge in [0.25, 0.3) is 5.69 Å². The highest BCUT2D eigenvalue weighted by molar-refractivity contribution is 6.30. The van der Waals surface area contributed by atoms with Gasteiger partial charge >= 0.3 is 0 Å². The molecular weight excluding hydrogens is 185 g/mol. The third-order valence-electron chi connectivity index (χ3n) is 1.48. The molecule has 5 heteroatoms. The number of nitro benzene ring substituents is 1. The van der Waals surface area contributed by atoms with Gasteiger partial charge in [-0.2, -0.15) is 0 Å². The molecular formula is C7H5ClFNO2. The molecule has 0 saturated carbocycles. The molecule has 0 aliphatic carbocycles. The van der Waals surface area contributed by atoms with E-state index in [9.17, 15) is 14.5 Å². The van der Waals surface area contributed by atoms with E-state index in [1.807, 2.05) is 0 Å². The van der Waals surface area contributed by atoms with Crippen molar-refractivity contribution < 1.29 is 9.31 Å². The van der Waals surface area contributed by atoms with E-state index in [-0.39, 0.29) is 16.3 Å². The predicted octanol–water partition coefficient (Wildman–Crippen LogP) is 2.70. The summed E-state index contributed by atoms with van der Waals surface area (Å²) in [6.07, 6.45) is 0. The fourth-order valence-electron chi connectivity index (χ4n) is 0.822. The van der Waals surface area contributed by atoms with Gasteiger partial charge in [-0.3, -0.25) is 10.1 Å². The van der Waals surface area contributed by atoms with Crippen LogP contribution in [0.25, 0.3) is 0 Å². The molecule has 0 unspecified atom stereocenters. The second-order valence-electron chi connectivity index (χ2n) is 2.29. The normalized spacial score (nSPS) is 9.92. The van der Waals surface area contributed by atoms with Crippen LogP contribution in [0.5, 0.6) is 0 Å². The lowest BCUT2D eigenvalue weighted by Crippen LogP contribution is -1.94. The predicted molar refractivity (Wildman–Crippen MR) is 42.8 cm³/mol. The highest BCUT2D eigenvalue weighted by atomic mass is 35.5. The Morgan fingerprint density at radius 2 is 2.17 bits per heavy atom. The van der Waals surface area contributed by atoms with Crippen molar-refractivity contribution >= 4 is 17.3 Å². The first-order valence-corrected chi connectivity index (χ1v) is 3.50. The van der Waals surface area contributed by atoms with Crippen molar-refractivity contribution in [2.24, 2.45) is 0 Å². The highest BCUT2D eigenvalue weighted by Crippen LogP contribution is 2.24.